The van der Waals surface area contributed by atoms with E-state index in [4.69, 9.17) is 9.47 Å². The average Bonchev–Trinajstić information content (AvgIpc) is 2.30. The largest absolute Gasteiger partial charge is 0.466 e. The summed E-state index contributed by atoms with van der Waals surface area (Å²) in [5.74, 6) is -0.215. The van der Waals surface area contributed by atoms with E-state index in [2.05, 4.69) is 6.92 Å². The number of hydrogen-bond donors (Lipinski definition) is 0. The Balaban J connectivity index is 3.80. The quantitative estimate of drug-likeness (QED) is 0.325. The summed E-state index contributed by atoms with van der Waals surface area (Å²) in [6.07, 6.45) is 7.01. The lowest BCUT2D eigenvalue weighted by molar-refractivity contribution is -0.142. The molecule has 1 unspecified atom stereocenters. The van der Waals surface area contributed by atoms with Crippen molar-refractivity contribution in [2.24, 2.45) is 0 Å². The molecule has 0 aliphatic carbocycles. The third kappa shape index (κ3) is 11.9. The van der Waals surface area contributed by atoms with Crippen LogP contribution in [0.15, 0.2) is 0 Å². The van der Waals surface area contributed by atoms with Gasteiger partial charge in [-0.3, -0.25) is 9.69 Å². The van der Waals surface area contributed by atoms with E-state index in [1.54, 1.807) is 0 Å². The smallest absolute Gasteiger partial charge is 0.302 e. The molecule has 0 saturated heterocycles. The molecule has 108 valence electrons. The molecular formula is C14H29NO3. The minimum absolute atomic E-state index is 0.198. The fourth-order valence-corrected chi connectivity index (χ4v) is 1.70. The second-order valence-corrected chi connectivity index (χ2v) is 4.98. The predicted octanol–water partition coefficient (Wildman–Crippen LogP) is 2.81. The van der Waals surface area contributed by atoms with Crippen molar-refractivity contribution in [3.05, 3.63) is 0 Å². The summed E-state index contributed by atoms with van der Waals surface area (Å²) < 4.78 is 10.8. The topological polar surface area (TPSA) is 38.8 Å². The Morgan fingerprint density at radius 3 is 2.44 bits per heavy atom. The number of esters is 1. The van der Waals surface area contributed by atoms with Crippen LogP contribution >= 0.6 is 0 Å². The number of ether oxygens (including phenoxy) is 2. The molecule has 0 aliphatic heterocycles. The molecule has 4 heteroatoms. The van der Waals surface area contributed by atoms with E-state index < -0.39 is 0 Å². The summed E-state index contributed by atoms with van der Waals surface area (Å²) in [7, 11) is 3.97. The van der Waals surface area contributed by atoms with Crippen LogP contribution in [0.4, 0.5) is 0 Å². The minimum Gasteiger partial charge on any atom is -0.466 e. The highest BCUT2D eigenvalue weighted by molar-refractivity contribution is 5.65. The number of hydrogen-bond acceptors (Lipinski definition) is 4. The third-order valence-corrected chi connectivity index (χ3v) is 2.69. The highest BCUT2D eigenvalue weighted by Crippen LogP contribution is 2.11. The molecule has 0 aromatic rings. The summed E-state index contributed by atoms with van der Waals surface area (Å²) in [6.45, 7) is 4.73. The molecule has 0 spiro atoms. The van der Waals surface area contributed by atoms with Gasteiger partial charge in [0, 0.05) is 13.3 Å². The van der Waals surface area contributed by atoms with Gasteiger partial charge in [0.1, 0.15) is 0 Å². The number of rotatable bonds is 11. The van der Waals surface area contributed by atoms with E-state index in [0.717, 1.165) is 12.8 Å². The number of carbonyl (C=O) groups is 1. The van der Waals surface area contributed by atoms with Gasteiger partial charge >= 0.3 is 5.97 Å². The Morgan fingerprint density at radius 2 is 1.89 bits per heavy atom. The molecule has 18 heavy (non-hydrogen) atoms. The van der Waals surface area contributed by atoms with Crippen molar-refractivity contribution < 1.29 is 14.3 Å². The molecular weight excluding hydrogens is 230 g/mol. The van der Waals surface area contributed by atoms with Crippen LogP contribution in [-0.4, -0.2) is 44.4 Å². The van der Waals surface area contributed by atoms with E-state index in [-0.39, 0.29) is 12.1 Å². The van der Waals surface area contributed by atoms with Crippen LogP contribution in [0.2, 0.25) is 0 Å². The van der Waals surface area contributed by atoms with Gasteiger partial charge in [0.25, 0.3) is 0 Å². The van der Waals surface area contributed by atoms with Crippen LogP contribution in [0.5, 0.6) is 0 Å². The third-order valence-electron chi connectivity index (χ3n) is 2.69. The van der Waals surface area contributed by atoms with Crippen molar-refractivity contribution in [1.29, 1.82) is 0 Å². The summed E-state index contributed by atoms with van der Waals surface area (Å²) in [5.41, 5.74) is 0. The number of carbonyl (C=O) groups excluding carboxylic acids is 1. The maximum atomic E-state index is 10.7. The van der Waals surface area contributed by atoms with Crippen molar-refractivity contribution >= 4 is 5.97 Å². The standard InChI is InChI=1S/C14H29NO3/c1-5-6-7-8-9-14(18-12-15(3)4)10-11-17-13(2)16/h14H,5-12H2,1-4H3. The summed E-state index contributed by atoms with van der Waals surface area (Å²) in [4.78, 5) is 12.7. The van der Waals surface area contributed by atoms with Gasteiger partial charge in [-0.25, -0.2) is 0 Å². The molecule has 0 N–H and O–H groups in total. The molecule has 0 aromatic carbocycles. The Labute approximate surface area is 112 Å². The van der Waals surface area contributed by atoms with Crippen LogP contribution in [0.1, 0.15) is 52.4 Å². The molecule has 0 aromatic heterocycles. The molecule has 0 radical (unpaired) electrons. The van der Waals surface area contributed by atoms with E-state index in [1.165, 1.54) is 32.6 Å². The fourth-order valence-electron chi connectivity index (χ4n) is 1.70. The van der Waals surface area contributed by atoms with Gasteiger partial charge < -0.3 is 9.47 Å². The van der Waals surface area contributed by atoms with Gasteiger partial charge in [-0.15, -0.1) is 0 Å². The number of nitrogens with zero attached hydrogens (tertiary/aromatic N) is 1. The molecule has 0 saturated carbocycles. The van der Waals surface area contributed by atoms with Crippen molar-refractivity contribution in [2.75, 3.05) is 27.4 Å². The molecule has 0 fully saturated rings. The SMILES string of the molecule is CCCCCCC(CCOC(C)=O)OCN(C)C. The molecule has 0 rings (SSSR count). The van der Waals surface area contributed by atoms with Crippen LogP contribution < -0.4 is 0 Å². The zero-order chi connectivity index (χ0) is 13.8. The van der Waals surface area contributed by atoms with E-state index in [9.17, 15) is 4.79 Å². The summed E-state index contributed by atoms with van der Waals surface area (Å²) in [6, 6.07) is 0. The lowest BCUT2D eigenvalue weighted by Crippen LogP contribution is -2.24. The maximum absolute atomic E-state index is 10.7. The minimum atomic E-state index is -0.215. The van der Waals surface area contributed by atoms with E-state index in [1.807, 2.05) is 19.0 Å². The van der Waals surface area contributed by atoms with Crippen molar-refractivity contribution in [3.8, 4) is 0 Å². The van der Waals surface area contributed by atoms with Gasteiger partial charge in [-0.05, 0) is 20.5 Å². The van der Waals surface area contributed by atoms with Gasteiger partial charge in [0.05, 0.1) is 19.4 Å². The van der Waals surface area contributed by atoms with Crippen LogP contribution in [0.25, 0.3) is 0 Å². The molecule has 0 heterocycles. The average molecular weight is 259 g/mol. The molecule has 1 atom stereocenters. The van der Waals surface area contributed by atoms with Gasteiger partial charge in [0.2, 0.25) is 0 Å². The van der Waals surface area contributed by atoms with Crippen LogP contribution in [0.3, 0.4) is 0 Å². The van der Waals surface area contributed by atoms with Crippen LogP contribution in [-0.2, 0) is 14.3 Å². The van der Waals surface area contributed by atoms with Gasteiger partial charge in [0.15, 0.2) is 0 Å². The first-order valence-corrected chi connectivity index (χ1v) is 6.96. The fraction of sp³-hybridized carbons (Fsp3) is 0.929. The number of unbranched alkanes of at least 4 members (excludes halogenated alkanes) is 3. The van der Waals surface area contributed by atoms with Crippen molar-refractivity contribution in [1.82, 2.24) is 4.90 Å². The van der Waals surface area contributed by atoms with Gasteiger partial charge in [-0.1, -0.05) is 32.6 Å². The monoisotopic (exact) mass is 259 g/mol. The highest BCUT2D eigenvalue weighted by atomic mass is 16.5. The predicted molar refractivity (Wildman–Crippen MR) is 73.4 cm³/mol. The molecule has 4 nitrogen and oxygen atoms in total. The first-order valence-electron chi connectivity index (χ1n) is 6.96. The van der Waals surface area contributed by atoms with Gasteiger partial charge in [-0.2, -0.15) is 0 Å². The van der Waals surface area contributed by atoms with Crippen molar-refractivity contribution in [2.45, 2.75) is 58.5 Å². The summed E-state index contributed by atoms with van der Waals surface area (Å²) >= 11 is 0. The van der Waals surface area contributed by atoms with Crippen molar-refractivity contribution in [3.63, 3.8) is 0 Å². The van der Waals surface area contributed by atoms with E-state index in [0.29, 0.717) is 13.3 Å². The van der Waals surface area contributed by atoms with E-state index >= 15 is 0 Å². The Hall–Kier alpha value is -0.610. The van der Waals surface area contributed by atoms with Crippen LogP contribution in [0, 0.1) is 0 Å². The second-order valence-electron chi connectivity index (χ2n) is 4.98. The first-order chi connectivity index (χ1) is 8.56. The first kappa shape index (κ1) is 17.4. The zero-order valence-electron chi connectivity index (χ0n) is 12.4. The zero-order valence-corrected chi connectivity index (χ0v) is 12.4. The summed E-state index contributed by atoms with van der Waals surface area (Å²) in [5, 5.41) is 0. The maximum Gasteiger partial charge on any atom is 0.302 e. The molecule has 0 aliphatic rings. The Bertz CT molecular complexity index is 207. The lowest BCUT2D eigenvalue weighted by Gasteiger charge is -2.20. The lowest BCUT2D eigenvalue weighted by atomic mass is 10.1. The Morgan fingerprint density at radius 1 is 1.17 bits per heavy atom. The molecule has 0 bridgehead atoms. The highest BCUT2D eigenvalue weighted by Gasteiger charge is 2.10. The normalized spacial score (nSPS) is 12.7. The second kappa shape index (κ2) is 11.5. The Kier molecular flexibility index (Phi) is 11.1. The molecule has 0 amide bonds.